The zero-order valence-electron chi connectivity index (χ0n) is 16.1. The molecule has 1 heterocycles. The summed E-state index contributed by atoms with van der Waals surface area (Å²) in [5, 5.41) is 12.0. The molecule has 1 aromatic heterocycles. The molecule has 0 saturated carbocycles. The van der Waals surface area contributed by atoms with Crippen molar-refractivity contribution in [3.63, 3.8) is 0 Å². The van der Waals surface area contributed by atoms with Gasteiger partial charge in [-0.3, -0.25) is 4.79 Å². The number of carbonyl (C=O) groups excluding carboxylic acids is 1. The summed E-state index contributed by atoms with van der Waals surface area (Å²) in [5.41, 5.74) is 4.26. The first-order valence-electron chi connectivity index (χ1n) is 9.01. The Morgan fingerprint density at radius 2 is 1.86 bits per heavy atom. The number of anilines is 3. The average molecular weight is 371 g/mol. The molecule has 0 fully saturated rings. The Balaban J connectivity index is 1.89. The fourth-order valence-corrected chi connectivity index (χ4v) is 2.87. The fraction of sp³-hybridized carbons (Fsp3) is 0.182. The third-order valence-corrected chi connectivity index (χ3v) is 4.22. The van der Waals surface area contributed by atoms with Crippen LogP contribution >= 0.6 is 0 Å². The van der Waals surface area contributed by atoms with E-state index in [9.17, 15) is 4.79 Å². The second-order valence-corrected chi connectivity index (χ2v) is 6.42. The van der Waals surface area contributed by atoms with E-state index in [0.29, 0.717) is 29.4 Å². The number of nitrogens with zero attached hydrogens (tertiary/aromatic N) is 4. The second kappa shape index (κ2) is 8.31. The molecule has 0 unspecified atom stereocenters. The quantitative estimate of drug-likeness (QED) is 0.720. The Labute approximate surface area is 164 Å². The molecule has 28 heavy (non-hydrogen) atoms. The molecule has 0 aliphatic rings. The summed E-state index contributed by atoms with van der Waals surface area (Å²) >= 11 is 0. The molecule has 0 saturated heterocycles. The Morgan fingerprint density at radius 1 is 1.11 bits per heavy atom. The number of hydrogen-bond acceptors (Lipinski definition) is 5. The molecule has 6 heteroatoms. The standard InChI is InChI=1S/C22H21N5O/c1-4-27(19-7-5-6-15(2)12-19)21(28)20-13-16(3)24-22(26-20)25-18-10-8-17(14-23)9-11-18/h5-13H,4H2,1-3H3,(H,24,25,26). The summed E-state index contributed by atoms with van der Waals surface area (Å²) in [6.07, 6.45) is 0. The number of nitriles is 1. The molecule has 0 bridgehead atoms. The lowest BCUT2D eigenvalue weighted by Crippen LogP contribution is -2.31. The molecule has 140 valence electrons. The van der Waals surface area contributed by atoms with Gasteiger partial charge in [0.05, 0.1) is 11.6 Å². The van der Waals surface area contributed by atoms with E-state index in [-0.39, 0.29) is 5.91 Å². The molecule has 0 aliphatic heterocycles. The Hall–Kier alpha value is -3.72. The van der Waals surface area contributed by atoms with Crippen LogP contribution in [0.5, 0.6) is 0 Å². The third kappa shape index (κ3) is 4.33. The normalized spacial score (nSPS) is 10.2. The predicted molar refractivity (Wildman–Crippen MR) is 110 cm³/mol. The van der Waals surface area contributed by atoms with Gasteiger partial charge >= 0.3 is 0 Å². The van der Waals surface area contributed by atoms with Crippen molar-refractivity contribution in [3.8, 4) is 6.07 Å². The van der Waals surface area contributed by atoms with Gasteiger partial charge in [0.15, 0.2) is 0 Å². The van der Waals surface area contributed by atoms with Crippen molar-refractivity contribution >= 4 is 23.2 Å². The number of rotatable bonds is 5. The van der Waals surface area contributed by atoms with Crippen molar-refractivity contribution in [2.24, 2.45) is 0 Å². The highest BCUT2D eigenvalue weighted by Crippen LogP contribution is 2.20. The van der Waals surface area contributed by atoms with Crippen molar-refractivity contribution in [1.29, 1.82) is 5.26 Å². The minimum absolute atomic E-state index is 0.179. The van der Waals surface area contributed by atoms with E-state index in [1.54, 1.807) is 35.2 Å². The minimum Gasteiger partial charge on any atom is -0.324 e. The van der Waals surface area contributed by atoms with E-state index in [0.717, 1.165) is 16.9 Å². The molecular weight excluding hydrogens is 350 g/mol. The van der Waals surface area contributed by atoms with Gasteiger partial charge in [-0.1, -0.05) is 12.1 Å². The molecule has 0 radical (unpaired) electrons. The third-order valence-electron chi connectivity index (χ3n) is 4.22. The zero-order chi connectivity index (χ0) is 20.1. The number of nitrogens with one attached hydrogen (secondary N) is 1. The van der Waals surface area contributed by atoms with Crippen LogP contribution < -0.4 is 10.2 Å². The van der Waals surface area contributed by atoms with E-state index >= 15 is 0 Å². The van der Waals surface area contributed by atoms with Crippen molar-refractivity contribution < 1.29 is 4.79 Å². The smallest absolute Gasteiger partial charge is 0.277 e. The highest BCUT2D eigenvalue weighted by atomic mass is 16.2. The SMILES string of the molecule is CCN(C(=O)c1cc(C)nc(Nc2ccc(C#N)cc2)n1)c1cccc(C)c1. The van der Waals surface area contributed by atoms with E-state index < -0.39 is 0 Å². The van der Waals surface area contributed by atoms with Gasteiger partial charge in [-0.2, -0.15) is 5.26 Å². The topological polar surface area (TPSA) is 81.9 Å². The van der Waals surface area contributed by atoms with E-state index in [1.807, 2.05) is 45.0 Å². The largest absolute Gasteiger partial charge is 0.324 e. The van der Waals surface area contributed by atoms with Crippen molar-refractivity contribution in [2.45, 2.75) is 20.8 Å². The summed E-state index contributed by atoms with van der Waals surface area (Å²) in [6, 6.07) is 18.6. The van der Waals surface area contributed by atoms with Crippen LogP contribution in [-0.2, 0) is 0 Å². The Morgan fingerprint density at radius 3 is 2.50 bits per heavy atom. The summed E-state index contributed by atoms with van der Waals surface area (Å²) in [4.78, 5) is 23.6. The first-order chi connectivity index (χ1) is 13.5. The molecular formula is C22H21N5O. The van der Waals surface area contributed by atoms with Crippen LogP contribution in [0, 0.1) is 25.2 Å². The van der Waals surface area contributed by atoms with Gasteiger partial charge in [0.25, 0.3) is 5.91 Å². The van der Waals surface area contributed by atoms with Crippen LogP contribution in [0.3, 0.4) is 0 Å². The van der Waals surface area contributed by atoms with Crippen LogP contribution in [0.2, 0.25) is 0 Å². The summed E-state index contributed by atoms with van der Waals surface area (Å²) in [6.45, 7) is 6.29. The molecule has 0 aliphatic carbocycles. The molecule has 3 aromatic rings. The van der Waals surface area contributed by atoms with Gasteiger partial charge in [-0.25, -0.2) is 9.97 Å². The van der Waals surface area contributed by atoms with Crippen LogP contribution in [0.15, 0.2) is 54.6 Å². The maximum Gasteiger partial charge on any atom is 0.277 e. The van der Waals surface area contributed by atoms with Gasteiger partial charge in [-0.05, 0) is 68.8 Å². The van der Waals surface area contributed by atoms with Crippen molar-refractivity contribution in [1.82, 2.24) is 9.97 Å². The number of aromatic nitrogens is 2. The Kier molecular flexibility index (Phi) is 5.66. The molecule has 6 nitrogen and oxygen atoms in total. The first-order valence-corrected chi connectivity index (χ1v) is 9.01. The van der Waals surface area contributed by atoms with Gasteiger partial charge < -0.3 is 10.2 Å². The summed E-state index contributed by atoms with van der Waals surface area (Å²) < 4.78 is 0. The molecule has 1 amide bonds. The second-order valence-electron chi connectivity index (χ2n) is 6.42. The first kappa shape index (κ1) is 19.1. The van der Waals surface area contributed by atoms with E-state index in [4.69, 9.17) is 5.26 Å². The van der Waals surface area contributed by atoms with Gasteiger partial charge in [0.2, 0.25) is 5.95 Å². The van der Waals surface area contributed by atoms with E-state index in [1.165, 1.54) is 0 Å². The summed E-state index contributed by atoms with van der Waals surface area (Å²) in [7, 11) is 0. The van der Waals surface area contributed by atoms with Gasteiger partial charge in [0, 0.05) is 23.6 Å². The number of benzene rings is 2. The van der Waals surface area contributed by atoms with E-state index in [2.05, 4.69) is 21.4 Å². The van der Waals surface area contributed by atoms with Gasteiger partial charge in [0.1, 0.15) is 5.69 Å². The lowest BCUT2D eigenvalue weighted by Gasteiger charge is -2.21. The molecule has 2 aromatic carbocycles. The predicted octanol–water partition coefficient (Wildman–Crippen LogP) is 4.38. The lowest BCUT2D eigenvalue weighted by molar-refractivity contribution is 0.0983. The van der Waals surface area contributed by atoms with Crippen LogP contribution in [0.25, 0.3) is 0 Å². The minimum atomic E-state index is -0.179. The molecule has 1 N–H and O–H groups in total. The zero-order valence-corrected chi connectivity index (χ0v) is 16.1. The van der Waals surface area contributed by atoms with Crippen molar-refractivity contribution in [2.75, 3.05) is 16.8 Å². The average Bonchev–Trinajstić information content (AvgIpc) is 2.69. The highest BCUT2D eigenvalue weighted by molar-refractivity contribution is 6.05. The van der Waals surface area contributed by atoms with Crippen LogP contribution in [0.1, 0.15) is 34.2 Å². The number of carbonyl (C=O) groups is 1. The number of aryl methyl sites for hydroxylation is 2. The lowest BCUT2D eigenvalue weighted by atomic mass is 10.2. The van der Waals surface area contributed by atoms with Crippen molar-refractivity contribution in [3.05, 3.63) is 77.1 Å². The molecule has 3 rings (SSSR count). The highest BCUT2D eigenvalue weighted by Gasteiger charge is 2.19. The maximum absolute atomic E-state index is 13.1. The van der Waals surface area contributed by atoms with Crippen LogP contribution in [0.4, 0.5) is 17.3 Å². The van der Waals surface area contributed by atoms with Crippen LogP contribution in [-0.4, -0.2) is 22.4 Å². The summed E-state index contributed by atoms with van der Waals surface area (Å²) in [5.74, 6) is 0.162. The number of amides is 1. The molecule has 0 spiro atoms. The maximum atomic E-state index is 13.1. The Bertz CT molecular complexity index is 1040. The van der Waals surface area contributed by atoms with Gasteiger partial charge in [-0.15, -0.1) is 0 Å². The molecule has 0 atom stereocenters. The fourth-order valence-electron chi connectivity index (χ4n) is 2.87. The monoisotopic (exact) mass is 371 g/mol. The number of hydrogen-bond donors (Lipinski definition) is 1.